The number of halogens is 4. The molecule has 0 amide bonds. The van der Waals surface area contributed by atoms with Gasteiger partial charge in [0.2, 0.25) is 0 Å². The summed E-state index contributed by atoms with van der Waals surface area (Å²) in [5, 5.41) is 7.53. The van der Waals surface area contributed by atoms with Gasteiger partial charge in [-0.25, -0.2) is 8.78 Å². The molecule has 23 heavy (non-hydrogen) atoms. The molecule has 1 aliphatic carbocycles. The molecule has 0 spiro atoms. The number of aromatic nitrogens is 1. The van der Waals surface area contributed by atoms with Crippen LogP contribution in [0.4, 0.5) is 17.6 Å². The largest absolute Gasteiger partial charge is 0.477 e. The van der Waals surface area contributed by atoms with Crippen molar-refractivity contribution in [3.05, 3.63) is 53.7 Å². The number of hydrogen-bond donors (Lipinski definition) is 1. The summed E-state index contributed by atoms with van der Waals surface area (Å²) in [5.41, 5.74) is -1.70. The predicted molar refractivity (Wildman–Crippen MR) is 71.5 cm³/mol. The second kappa shape index (κ2) is 6.76. The van der Waals surface area contributed by atoms with Gasteiger partial charge in [-0.05, 0) is 11.8 Å². The van der Waals surface area contributed by atoms with E-state index in [1.807, 2.05) is 0 Å². The number of rotatable bonds is 0. The summed E-state index contributed by atoms with van der Waals surface area (Å²) < 4.78 is 55.4. The number of alkyl halides is 4. The van der Waals surface area contributed by atoms with E-state index in [2.05, 4.69) is 11.1 Å². The van der Waals surface area contributed by atoms with Crippen LogP contribution in [0.15, 0.2) is 36.5 Å². The van der Waals surface area contributed by atoms with Crippen LogP contribution in [0.2, 0.25) is 0 Å². The van der Waals surface area contributed by atoms with E-state index in [1.165, 1.54) is 31.3 Å². The minimum absolute atomic E-state index is 0. The summed E-state index contributed by atoms with van der Waals surface area (Å²) in [4.78, 5) is 11.3. The van der Waals surface area contributed by atoms with Crippen molar-refractivity contribution in [3.63, 3.8) is 0 Å². The summed E-state index contributed by atoms with van der Waals surface area (Å²) in [6.45, 7) is 1.19. The zero-order valence-corrected chi connectivity index (χ0v) is 14.0. The van der Waals surface area contributed by atoms with Crippen LogP contribution in [0.1, 0.15) is 18.1 Å². The van der Waals surface area contributed by atoms with Crippen molar-refractivity contribution in [1.82, 2.24) is 4.98 Å². The van der Waals surface area contributed by atoms with E-state index in [9.17, 15) is 17.6 Å². The molecule has 1 heterocycles. The van der Waals surface area contributed by atoms with Gasteiger partial charge in [-0.1, -0.05) is 11.6 Å². The van der Waals surface area contributed by atoms with Gasteiger partial charge in [-0.2, -0.15) is 8.78 Å². The van der Waals surface area contributed by atoms with Crippen LogP contribution in [0, 0.1) is 6.07 Å². The summed E-state index contributed by atoms with van der Waals surface area (Å²) in [7, 11) is 0. The number of carboxylic acids is 1. The predicted octanol–water partition coefficient (Wildman–Crippen LogP) is 3.81. The van der Waals surface area contributed by atoms with Gasteiger partial charge in [0.25, 0.3) is 0 Å². The maximum absolute atomic E-state index is 13.9. The number of benzene rings is 1. The number of nitrogens with zero attached hydrogens (tertiary/aromatic N) is 1. The second-order valence-electron chi connectivity index (χ2n) is 4.55. The molecule has 3 nitrogen and oxygen atoms in total. The van der Waals surface area contributed by atoms with Crippen LogP contribution in [-0.4, -0.2) is 20.9 Å². The van der Waals surface area contributed by atoms with Gasteiger partial charge in [0.05, 0.1) is 6.92 Å². The van der Waals surface area contributed by atoms with Gasteiger partial charge in [0, 0.05) is 31.9 Å². The first-order valence-corrected chi connectivity index (χ1v) is 6.13. The molecule has 0 unspecified atom stereocenters. The Bertz CT molecular complexity index is 663. The third-order valence-electron chi connectivity index (χ3n) is 2.97. The molecular weight excluding hydrogens is 494 g/mol. The third kappa shape index (κ3) is 3.28. The van der Waals surface area contributed by atoms with Crippen LogP contribution in [0.3, 0.4) is 0 Å². The Hall–Kier alpha value is -1.79. The first-order chi connectivity index (χ1) is 10.2. The monoisotopic (exact) mass is 506 g/mol. The van der Waals surface area contributed by atoms with E-state index in [4.69, 9.17) is 9.90 Å². The van der Waals surface area contributed by atoms with Crippen LogP contribution in [0.5, 0.6) is 0 Å². The van der Waals surface area contributed by atoms with Crippen molar-refractivity contribution in [2.45, 2.75) is 18.8 Å². The Labute approximate surface area is 142 Å². The fourth-order valence-corrected chi connectivity index (χ4v) is 2.09. The van der Waals surface area contributed by atoms with E-state index in [1.54, 1.807) is 0 Å². The molecule has 0 aliphatic heterocycles. The Morgan fingerprint density at radius 2 is 1.65 bits per heavy atom. The van der Waals surface area contributed by atoms with E-state index < -0.39 is 28.9 Å². The van der Waals surface area contributed by atoms with Gasteiger partial charge in [-0.3, -0.25) is 0 Å². The molecule has 2 aromatic rings. The van der Waals surface area contributed by atoms with Gasteiger partial charge < -0.3 is 14.9 Å². The molecule has 0 saturated heterocycles. The van der Waals surface area contributed by atoms with Crippen molar-refractivity contribution >= 4 is 5.97 Å². The first kappa shape index (κ1) is 19.3. The van der Waals surface area contributed by atoms with Crippen molar-refractivity contribution in [1.29, 1.82) is 0 Å². The molecule has 125 valence electrons. The molecule has 1 aromatic carbocycles. The number of aliphatic carboxylic acids is 1. The van der Waals surface area contributed by atoms with E-state index in [-0.39, 0.29) is 31.4 Å². The van der Waals surface area contributed by atoms with Gasteiger partial charge in [-0.15, -0.1) is 29.8 Å². The third-order valence-corrected chi connectivity index (χ3v) is 2.97. The Kier molecular flexibility index (Phi) is 5.66. The summed E-state index contributed by atoms with van der Waals surface area (Å²) >= 11 is 0. The van der Waals surface area contributed by atoms with Crippen molar-refractivity contribution in [2.75, 3.05) is 0 Å². The minimum Gasteiger partial charge on any atom is -0.339 e. The van der Waals surface area contributed by atoms with Crippen molar-refractivity contribution in [2.24, 2.45) is 0 Å². The standard InChI is InChI=1S/C13H6F4N.C2H4O2.Ir/c14-12(15)9-5-2-1-4-8(9)11-10(13(12,16)17)6-3-7-18-11;1-2(3)4;/h1-3,5-7H;1H3,(H,3,4);/q-1;;/p+1. The molecule has 0 atom stereocenters. The molecule has 0 fully saturated rings. The molecule has 1 aromatic heterocycles. The summed E-state index contributed by atoms with van der Waals surface area (Å²) in [6, 6.07) is 8.40. The Morgan fingerprint density at radius 3 is 2.26 bits per heavy atom. The first-order valence-electron chi connectivity index (χ1n) is 6.13. The molecular formula is C15H11F4IrNO2. The average molecular weight is 505 g/mol. The molecule has 3 rings (SSSR count). The Morgan fingerprint density at radius 1 is 1.13 bits per heavy atom. The number of carboxylic acid groups (broad SMARTS) is 1. The maximum Gasteiger partial charge on any atom is 0.477 e. The van der Waals surface area contributed by atoms with Crippen molar-refractivity contribution in [3.8, 4) is 11.3 Å². The molecule has 1 aliphatic rings. The zero-order valence-electron chi connectivity index (χ0n) is 11.7. The van der Waals surface area contributed by atoms with Gasteiger partial charge >= 0.3 is 17.8 Å². The average Bonchev–Trinajstić information content (AvgIpc) is 2.45. The smallest absolute Gasteiger partial charge is 0.339 e. The van der Waals surface area contributed by atoms with E-state index in [0.29, 0.717) is 0 Å². The van der Waals surface area contributed by atoms with Crippen LogP contribution >= 0.6 is 0 Å². The minimum atomic E-state index is -4.27. The number of aliphatic hydroxyl groups excluding tert-OH is 1. The molecule has 8 heteroatoms. The number of pyridine rings is 1. The van der Waals surface area contributed by atoms with Crippen LogP contribution in [0.25, 0.3) is 11.3 Å². The summed E-state index contributed by atoms with van der Waals surface area (Å²) in [5.74, 6) is -9.10. The van der Waals surface area contributed by atoms with E-state index >= 15 is 0 Å². The zero-order chi connectivity index (χ0) is 16.5. The maximum atomic E-state index is 13.9. The molecule has 1 radical (unpaired) electrons. The fourth-order valence-electron chi connectivity index (χ4n) is 2.09. The topological polar surface area (TPSA) is 54.5 Å². The van der Waals surface area contributed by atoms with Crippen LogP contribution < -0.4 is 0 Å². The number of fused-ring (bicyclic) bond motifs is 3. The quantitative estimate of drug-likeness (QED) is 0.337. The summed E-state index contributed by atoms with van der Waals surface area (Å²) in [6.07, 6.45) is 1.29. The normalized spacial score (nSPS) is 15.9. The molecule has 2 N–H and O–H groups in total. The van der Waals surface area contributed by atoms with Gasteiger partial charge in [0.15, 0.2) is 0 Å². The fraction of sp³-hybridized carbons (Fsp3) is 0.200. The Balaban J connectivity index is 0.000000478. The van der Waals surface area contributed by atoms with Gasteiger partial charge in [0.1, 0.15) is 0 Å². The molecule has 0 saturated carbocycles. The molecule has 0 bridgehead atoms. The van der Waals surface area contributed by atoms with E-state index in [0.717, 1.165) is 12.1 Å². The number of hydrogen-bond acceptors (Lipinski definition) is 1. The van der Waals surface area contributed by atoms with Crippen LogP contribution in [-0.2, 0) is 32.0 Å². The SMILES string of the molecule is CC(O)=[OH+].FC1(F)c2ccc[c-]c2-c2ncccc2C1(F)F.[Ir]. The van der Waals surface area contributed by atoms with Crippen molar-refractivity contribution < 1.29 is 47.6 Å². The second-order valence-corrected chi connectivity index (χ2v) is 4.55.